The number of morpholine rings is 1. The number of hydrogen-bond acceptors (Lipinski definition) is 5. The molecular weight excluding hydrogens is 344 g/mol. The number of hydrogen-bond donors (Lipinski definition) is 1. The topological polar surface area (TPSA) is 60.0 Å². The van der Waals surface area contributed by atoms with Crippen LogP contribution in [-0.4, -0.2) is 62.5 Å². The second-order valence-electron chi connectivity index (χ2n) is 7.35. The molecule has 1 atom stereocenters. The van der Waals surface area contributed by atoms with E-state index in [1.807, 2.05) is 31.2 Å². The predicted octanol–water partition coefficient (Wildman–Crippen LogP) is 2.53. The second kappa shape index (κ2) is 9.53. The van der Waals surface area contributed by atoms with Crippen molar-refractivity contribution in [2.24, 2.45) is 0 Å². The third-order valence-electron chi connectivity index (χ3n) is 5.44. The van der Waals surface area contributed by atoms with Gasteiger partial charge in [0.1, 0.15) is 5.75 Å². The summed E-state index contributed by atoms with van der Waals surface area (Å²) in [4.78, 5) is 14.9. The Labute approximate surface area is 162 Å². The van der Waals surface area contributed by atoms with E-state index in [0.29, 0.717) is 19.8 Å². The Hall–Kier alpha value is -1.63. The average molecular weight is 376 g/mol. The van der Waals surface area contributed by atoms with Crippen LogP contribution in [0.4, 0.5) is 0 Å². The molecule has 0 aliphatic carbocycles. The second-order valence-corrected chi connectivity index (χ2v) is 7.35. The first-order valence-corrected chi connectivity index (χ1v) is 10.1. The van der Waals surface area contributed by atoms with Crippen molar-refractivity contribution in [3.8, 4) is 5.75 Å². The highest BCUT2D eigenvalue weighted by atomic mass is 16.5. The van der Waals surface area contributed by atoms with Crippen LogP contribution in [-0.2, 0) is 14.3 Å². The Morgan fingerprint density at radius 3 is 2.78 bits per heavy atom. The number of carbonyl (C=O) groups is 1. The molecule has 2 saturated heterocycles. The van der Waals surface area contributed by atoms with Crippen molar-refractivity contribution in [1.29, 1.82) is 0 Å². The molecule has 6 nitrogen and oxygen atoms in total. The first kappa shape index (κ1) is 20.1. The zero-order valence-corrected chi connectivity index (χ0v) is 16.5. The van der Waals surface area contributed by atoms with Gasteiger partial charge in [-0.1, -0.05) is 25.1 Å². The number of nitrogens with one attached hydrogen (secondary N) is 1. The molecular formula is C21H32N2O4. The van der Waals surface area contributed by atoms with E-state index in [2.05, 4.69) is 17.1 Å². The number of para-hydroxylation sites is 1. The minimum Gasteiger partial charge on any atom is -0.494 e. The van der Waals surface area contributed by atoms with Crippen LogP contribution in [0.5, 0.6) is 5.75 Å². The summed E-state index contributed by atoms with van der Waals surface area (Å²) in [5, 5.41) is 3.19. The number of amides is 1. The van der Waals surface area contributed by atoms with E-state index in [-0.39, 0.29) is 17.6 Å². The highest BCUT2D eigenvalue weighted by Gasteiger charge is 2.38. The van der Waals surface area contributed by atoms with Gasteiger partial charge in [0, 0.05) is 44.7 Å². The zero-order valence-electron chi connectivity index (χ0n) is 16.5. The summed E-state index contributed by atoms with van der Waals surface area (Å²) >= 11 is 0. The van der Waals surface area contributed by atoms with Gasteiger partial charge in [-0.15, -0.1) is 0 Å². The third kappa shape index (κ3) is 5.21. The van der Waals surface area contributed by atoms with Crippen LogP contribution in [0.3, 0.4) is 0 Å². The molecule has 2 aliphatic rings. The first-order valence-electron chi connectivity index (χ1n) is 10.1. The van der Waals surface area contributed by atoms with Gasteiger partial charge in [-0.05, 0) is 19.4 Å². The highest BCUT2D eigenvalue weighted by Crippen LogP contribution is 2.29. The number of nitrogens with zero attached hydrogens (tertiary/aromatic N) is 1. The van der Waals surface area contributed by atoms with Crippen LogP contribution in [0.2, 0.25) is 0 Å². The number of benzene rings is 1. The zero-order chi connectivity index (χ0) is 19.1. The van der Waals surface area contributed by atoms with Crippen molar-refractivity contribution in [2.75, 3.05) is 46.1 Å². The molecule has 0 aromatic heterocycles. The van der Waals surface area contributed by atoms with Gasteiger partial charge in [0.15, 0.2) is 0 Å². The van der Waals surface area contributed by atoms with Gasteiger partial charge in [-0.2, -0.15) is 0 Å². The van der Waals surface area contributed by atoms with Crippen LogP contribution >= 0.6 is 0 Å². The Bertz CT molecular complexity index is 610. The van der Waals surface area contributed by atoms with Crippen LogP contribution < -0.4 is 10.1 Å². The van der Waals surface area contributed by atoms with Crippen molar-refractivity contribution in [2.45, 2.75) is 44.8 Å². The quantitative estimate of drug-likeness (QED) is 0.792. The van der Waals surface area contributed by atoms with E-state index in [1.165, 1.54) is 0 Å². The van der Waals surface area contributed by atoms with Gasteiger partial charge in [0.05, 0.1) is 31.4 Å². The minimum absolute atomic E-state index is 0.0432. The molecule has 1 spiro atoms. The summed E-state index contributed by atoms with van der Waals surface area (Å²) in [5.41, 5.74) is 0.903. The van der Waals surface area contributed by atoms with E-state index < -0.39 is 0 Å². The van der Waals surface area contributed by atoms with E-state index in [0.717, 1.165) is 56.9 Å². The summed E-state index contributed by atoms with van der Waals surface area (Å²) in [6.45, 7) is 8.83. The lowest BCUT2D eigenvalue weighted by atomic mass is 9.92. The number of carbonyl (C=O) groups excluding carboxylic acids is 1. The summed E-state index contributed by atoms with van der Waals surface area (Å²) in [6.07, 6.45) is 2.63. The molecule has 6 heteroatoms. The smallest absolute Gasteiger partial charge is 0.234 e. The molecule has 1 aromatic rings. The van der Waals surface area contributed by atoms with E-state index in [4.69, 9.17) is 14.2 Å². The summed E-state index contributed by atoms with van der Waals surface area (Å²) in [5.74, 6) is 0.900. The van der Waals surface area contributed by atoms with Crippen LogP contribution in [0.25, 0.3) is 0 Å². The summed E-state index contributed by atoms with van der Waals surface area (Å²) in [7, 11) is 0. The molecule has 1 N–H and O–H groups in total. The third-order valence-corrected chi connectivity index (χ3v) is 5.44. The summed E-state index contributed by atoms with van der Waals surface area (Å²) in [6, 6.07) is 7.90. The fraction of sp³-hybridized carbons (Fsp3) is 0.667. The highest BCUT2D eigenvalue weighted by molar-refractivity contribution is 5.78. The molecule has 27 heavy (non-hydrogen) atoms. The maximum absolute atomic E-state index is 12.7. The Morgan fingerprint density at radius 2 is 2.04 bits per heavy atom. The van der Waals surface area contributed by atoms with Gasteiger partial charge < -0.3 is 19.5 Å². The van der Waals surface area contributed by atoms with Crippen LogP contribution in [0, 0.1) is 0 Å². The van der Waals surface area contributed by atoms with Gasteiger partial charge >= 0.3 is 0 Å². The molecule has 0 saturated carbocycles. The van der Waals surface area contributed by atoms with Crippen molar-refractivity contribution in [3.63, 3.8) is 0 Å². The van der Waals surface area contributed by atoms with Gasteiger partial charge in [-0.25, -0.2) is 0 Å². The van der Waals surface area contributed by atoms with Crippen molar-refractivity contribution in [1.82, 2.24) is 10.2 Å². The Kier molecular flexibility index (Phi) is 7.10. The lowest BCUT2D eigenvalue weighted by Crippen LogP contribution is -2.56. The molecule has 150 valence electrons. The predicted molar refractivity (Wildman–Crippen MR) is 104 cm³/mol. The SMILES string of the molecule is CCOc1ccccc1C(CC)NC(=O)CN1CCOC2(CCOCC2)C1. The monoisotopic (exact) mass is 376 g/mol. The van der Waals surface area contributed by atoms with E-state index in [1.54, 1.807) is 0 Å². The average Bonchev–Trinajstić information content (AvgIpc) is 2.68. The molecule has 2 fully saturated rings. The lowest BCUT2D eigenvalue weighted by molar-refractivity contribution is -0.156. The maximum atomic E-state index is 12.7. The van der Waals surface area contributed by atoms with Gasteiger partial charge in [0.2, 0.25) is 5.91 Å². The molecule has 3 rings (SSSR count). The molecule has 1 aromatic carbocycles. The maximum Gasteiger partial charge on any atom is 0.234 e. The minimum atomic E-state index is -0.136. The number of rotatable bonds is 7. The van der Waals surface area contributed by atoms with E-state index >= 15 is 0 Å². The van der Waals surface area contributed by atoms with Crippen LogP contribution in [0.15, 0.2) is 24.3 Å². The molecule has 0 radical (unpaired) electrons. The van der Waals surface area contributed by atoms with Gasteiger partial charge in [-0.3, -0.25) is 9.69 Å². The van der Waals surface area contributed by atoms with Gasteiger partial charge in [0.25, 0.3) is 0 Å². The van der Waals surface area contributed by atoms with Crippen molar-refractivity contribution in [3.05, 3.63) is 29.8 Å². The summed E-state index contributed by atoms with van der Waals surface area (Å²) < 4.78 is 17.3. The number of ether oxygens (including phenoxy) is 3. The normalized spacial score (nSPS) is 21.0. The largest absolute Gasteiger partial charge is 0.494 e. The molecule has 2 heterocycles. The fourth-order valence-corrected chi connectivity index (χ4v) is 4.00. The first-order chi connectivity index (χ1) is 13.2. The molecule has 1 amide bonds. The van der Waals surface area contributed by atoms with Crippen LogP contribution in [0.1, 0.15) is 44.7 Å². The van der Waals surface area contributed by atoms with E-state index in [9.17, 15) is 4.79 Å². The Morgan fingerprint density at radius 1 is 1.26 bits per heavy atom. The molecule has 2 aliphatic heterocycles. The van der Waals surface area contributed by atoms with Crippen molar-refractivity contribution < 1.29 is 19.0 Å². The molecule has 1 unspecified atom stereocenters. The standard InChI is InChI=1S/C21H32N2O4/c1-3-18(17-7-5-6-8-19(17)26-4-2)22-20(24)15-23-11-14-27-21(16-23)9-12-25-13-10-21/h5-8,18H,3-4,9-16H2,1-2H3,(H,22,24). The molecule has 0 bridgehead atoms. The fourth-order valence-electron chi connectivity index (χ4n) is 4.00. The Balaban J connectivity index is 1.59. The van der Waals surface area contributed by atoms with Crippen molar-refractivity contribution >= 4 is 5.91 Å². The lowest BCUT2D eigenvalue weighted by Gasteiger charge is -2.44.